The van der Waals surface area contributed by atoms with Crippen LogP contribution in [0.4, 0.5) is 0 Å². The molecule has 0 amide bonds. The normalized spacial score (nSPS) is 19.3. The van der Waals surface area contributed by atoms with Crippen LogP contribution in [0.1, 0.15) is 37.2 Å². The molecule has 60 valence electrons. The van der Waals surface area contributed by atoms with Crippen molar-refractivity contribution < 1.29 is 5.11 Å². The number of rotatable bonds is 1. The summed E-state index contributed by atoms with van der Waals surface area (Å²) in [5, 5.41) is 9.36. The van der Waals surface area contributed by atoms with Crippen LogP contribution in [-0.4, -0.2) is 10.1 Å². The van der Waals surface area contributed by atoms with E-state index in [9.17, 15) is 5.11 Å². The molecule has 1 heterocycles. The summed E-state index contributed by atoms with van der Waals surface area (Å²) < 4.78 is 0. The molecular weight excluding hydrogens is 138 g/mol. The van der Waals surface area contributed by atoms with Gasteiger partial charge in [-0.2, -0.15) is 0 Å². The SMILES string of the molecule is Oc1[nH]ccc1C1CCCC1. The number of H-pyrrole nitrogens is 1. The maximum absolute atomic E-state index is 9.36. The van der Waals surface area contributed by atoms with Crippen LogP contribution in [0, 0.1) is 0 Å². The van der Waals surface area contributed by atoms with E-state index in [1.807, 2.05) is 12.3 Å². The first-order valence-corrected chi connectivity index (χ1v) is 4.24. The Morgan fingerprint density at radius 3 is 2.64 bits per heavy atom. The van der Waals surface area contributed by atoms with Crippen LogP contribution in [0.5, 0.6) is 5.88 Å². The van der Waals surface area contributed by atoms with Gasteiger partial charge in [0.1, 0.15) is 0 Å². The molecule has 1 saturated carbocycles. The van der Waals surface area contributed by atoms with Crippen LogP contribution in [0.15, 0.2) is 12.3 Å². The molecule has 2 N–H and O–H groups in total. The second-order valence-corrected chi connectivity index (χ2v) is 3.26. The summed E-state index contributed by atoms with van der Waals surface area (Å²) in [5.41, 5.74) is 1.11. The van der Waals surface area contributed by atoms with Crippen molar-refractivity contribution in [2.24, 2.45) is 0 Å². The molecule has 2 rings (SSSR count). The number of hydrogen-bond donors (Lipinski definition) is 2. The molecule has 1 aromatic heterocycles. The van der Waals surface area contributed by atoms with Gasteiger partial charge in [-0.1, -0.05) is 12.8 Å². The topological polar surface area (TPSA) is 36.0 Å². The summed E-state index contributed by atoms with van der Waals surface area (Å²) in [6, 6.07) is 1.99. The average molecular weight is 151 g/mol. The van der Waals surface area contributed by atoms with Gasteiger partial charge in [0.05, 0.1) is 0 Å². The Morgan fingerprint density at radius 2 is 2.09 bits per heavy atom. The number of hydrogen-bond acceptors (Lipinski definition) is 1. The third-order valence-electron chi connectivity index (χ3n) is 2.55. The molecule has 0 aromatic carbocycles. The van der Waals surface area contributed by atoms with Crippen LogP contribution in [-0.2, 0) is 0 Å². The zero-order valence-electron chi connectivity index (χ0n) is 6.51. The van der Waals surface area contributed by atoms with E-state index in [1.165, 1.54) is 25.7 Å². The van der Waals surface area contributed by atoms with Crippen molar-refractivity contribution >= 4 is 0 Å². The zero-order chi connectivity index (χ0) is 7.68. The van der Waals surface area contributed by atoms with E-state index >= 15 is 0 Å². The van der Waals surface area contributed by atoms with Gasteiger partial charge in [-0.15, -0.1) is 0 Å². The second-order valence-electron chi connectivity index (χ2n) is 3.26. The highest BCUT2D eigenvalue weighted by molar-refractivity contribution is 5.29. The summed E-state index contributed by atoms with van der Waals surface area (Å²) in [4.78, 5) is 2.80. The van der Waals surface area contributed by atoms with Gasteiger partial charge in [0, 0.05) is 11.8 Å². The molecular formula is C9H13NO. The molecule has 0 atom stereocenters. The Bertz CT molecular complexity index is 235. The Kier molecular flexibility index (Phi) is 1.60. The zero-order valence-corrected chi connectivity index (χ0v) is 6.51. The van der Waals surface area contributed by atoms with Crippen LogP contribution in [0.25, 0.3) is 0 Å². The van der Waals surface area contributed by atoms with Gasteiger partial charge < -0.3 is 10.1 Å². The Balaban J connectivity index is 2.21. The first-order valence-electron chi connectivity index (χ1n) is 4.24. The van der Waals surface area contributed by atoms with Gasteiger partial charge in [-0.05, 0) is 24.8 Å². The molecule has 1 aliphatic carbocycles. The number of aromatic hydroxyl groups is 1. The molecule has 1 aliphatic rings. The van der Waals surface area contributed by atoms with Crippen LogP contribution in [0.2, 0.25) is 0 Å². The van der Waals surface area contributed by atoms with E-state index in [4.69, 9.17) is 0 Å². The van der Waals surface area contributed by atoms with Crippen molar-refractivity contribution in [3.05, 3.63) is 17.8 Å². The molecule has 0 aliphatic heterocycles. The Morgan fingerprint density at radius 1 is 1.36 bits per heavy atom. The fourth-order valence-corrected chi connectivity index (χ4v) is 1.94. The molecule has 0 saturated heterocycles. The van der Waals surface area contributed by atoms with Crippen LogP contribution >= 0.6 is 0 Å². The van der Waals surface area contributed by atoms with E-state index < -0.39 is 0 Å². The minimum absolute atomic E-state index is 0.372. The average Bonchev–Trinajstić information content (AvgIpc) is 2.55. The van der Waals surface area contributed by atoms with E-state index in [0.717, 1.165) is 5.56 Å². The lowest BCUT2D eigenvalue weighted by molar-refractivity contribution is 0.444. The van der Waals surface area contributed by atoms with Gasteiger partial charge >= 0.3 is 0 Å². The van der Waals surface area contributed by atoms with Crippen LogP contribution in [0.3, 0.4) is 0 Å². The molecule has 0 bridgehead atoms. The first kappa shape index (κ1) is 6.77. The summed E-state index contributed by atoms with van der Waals surface area (Å²) in [5.74, 6) is 0.984. The molecule has 1 fully saturated rings. The fourth-order valence-electron chi connectivity index (χ4n) is 1.94. The highest BCUT2D eigenvalue weighted by Crippen LogP contribution is 2.37. The smallest absolute Gasteiger partial charge is 0.191 e. The van der Waals surface area contributed by atoms with Crippen molar-refractivity contribution in [2.75, 3.05) is 0 Å². The predicted octanol–water partition coefficient (Wildman–Crippen LogP) is 2.38. The van der Waals surface area contributed by atoms with Gasteiger partial charge in [-0.25, -0.2) is 0 Å². The van der Waals surface area contributed by atoms with Crippen LogP contribution < -0.4 is 0 Å². The highest BCUT2D eigenvalue weighted by Gasteiger charge is 2.19. The molecule has 2 heteroatoms. The summed E-state index contributed by atoms with van der Waals surface area (Å²) in [7, 11) is 0. The fraction of sp³-hybridized carbons (Fsp3) is 0.556. The highest BCUT2D eigenvalue weighted by atomic mass is 16.3. The number of aromatic nitrogens is 1. The van der Waals surface area contributed by atoms with Gasteiger partial charge in [-0.3, -0.25) is 0 Å². The van der Waals surface area contributed by atoms with Crippen molar-refractivity contribution in [1.29, 1.82) is 0 Å². The minimum atomic E-state index is 0.372. The lowest BCUT2D eigenvalue weighted by atomic mass is 10.0. The maximum Gasteiger partial charge on any atom is 0.191 e. The molecule has 11 heavy (non-hydrogen) atoms. The number of nitrogens with one attached hydrogen (secondary N) is 1. The summed E-state index contributed by atoms with van der Waals surface area (Å²) in [6.07, 6.45) is 6.92. The van der Waals surface area contributed by atoms with Crippen molar-refractivity contribution in [3.8, 4) is 5.88 Å². The van der Waals surface area contributed by atoms with Gasteiger partial charge in [0.25, 0.3) is 0 Å². The molecule has 0 unspecified atom stereocenters. The molecule has 0 radical (unpaired) electrons. The quantitative estimate of drug-likeness (QED) is 0.635. The predicted molar refractivity (Wildman–Crippen MR) is 43.7 cm³/mol. The van der Waals surface area contributed by atoms with E-state index in [-0.39, 0.29) is 0 Å². The van der Waals surface area contributed by atoms with Crippen molar-refractivity contribution in [1.82, 2.24) is 4.98 Å². The maximum atomic E-state index is 9.36. The molecule has 2 nitrogen and oxygen atoms in total. The standard InChI is InChI=1S/C9H13NO/c11-9-8(5-6-10-9)7-3-1-2-4-7/h5-7,10-11H,1-4H2. The van der Waals surface area contributed by atoms with E-state index in [1.54, 1.807) is 0 Å². The monoisotopic (exact) mass is 151 g/mol. The first-order chi connectivity index (χ1) is 5.38. The Labute approximate surface area is 66.3 Å². The summed E-state index contributed by atoms with van der Waals surface area (Å²) in [6.45, 7) is 0. The largest absolute Gasteiger partial charge is 0.494 e. The summed E-state index contributed by atoms with van der Waals surface area (Å²) >= 11 is 0. The minimum Gasteiger partial charge on any atom is -0.494 e. The third kappa shape index (κ3) is 1.13. The van der Waals surface area contributed by atoms with Gasteiger partial charge in [0.15, 0.2) is 5.88 Å². The lowest BCUT2D eigenvalue weighted by Crippen LogP contribution is -1.88. The van der Waals surface area contributed by atoms with Gasteiger partial charge in [0.2, 0.25) is 0 Å². The molecule has 0 spiro atoms. The molecule has 1 aromatic rings. The van der Waals surface area contributed by atoms with Crippen molar-refractivity contribution in [2.45, 2.75) is 31.6 Å². The van der Waals surface area contributed by atoms with Crippen molar-refractivity contribution in [3.63, 3.8) is 0 Å². The van der Waals surface area contributed by atoms with E-state index in [0.29, 0.717) is 11.8 Å². The third-order valence-corrected chi connectivity index (χ3v) is 2.55. The second kappa shape index (κ2) is 2.61. The lowest BCUT2D eigenvalue weighted by Gasteiger charge is -2.05. The van der Waals surface area contributed by atoms with E-state index in [2.05, 4.69) is 4.98 Å². The number of aromatic amines is 1. The Hall–Kier alpha value is -0.920.